The molecule has 0 aromatic heterocycles. The first-order chi connectivity index (χ1) is 9.55. The van der Waals surface area contributed by atoms with Crippen molar-refractivity contribution in [3.8, 4) is 5.75 Å². The fourth-order valence-electron chi connectivity index (χ4n) is 2.66. The van der Waals surface area contributed by atoms with Crippen molar-refractivity contribution < 1.29 is 19.0 Å². The van der Waals surface area contributed by atoms with E-state index in [2.05, 4.69) is 15.9 Å². The first kappa shape index (κ1) is 15.7. The van der Waals surface area contributed by atoms with E-state index in [0.29, 0.717) is 34.2 Å². The summed E-state index contributed by atoms with van der Waals surface area (Å²) in [5, 5.41) is 10.3. The highest BCUT2D eigenvalue weighted by Crippen LogP contribution is 2.39. The van der Waals surface area contributed by atoms with Crippen LogP contribution in [0.1, 0.15) is 37.9 Å². The Bertz CT molecular complexity index is 461. The lowest BCUT2D eigenvalue weighted by Gasteiger charge is -2.36. The third-order valence-corrected chi connectivity index (χ3v) is 4.39. The Hall–Kier alpha value is -0.650. The minimum absolute atomic E-state index is 0.332. The summed E-state index contributed by atoms with van der Waals surface area (Å²) in [6.07, 6.45) is 2.30. The van der Waals surface area contributed by atoms with Crippen molar-refractivity contribution in [1.82, 2.24) is 0 Å². The largest absolute Gasteiger partial charge is 0.496 e. The molecule has 0 amide bonds. The zero-order valence-corrected chi connectivity index (χ0v) is 13.3. The SMILES string of the molecule is CCOC1CC(CC(O)c2cc(Br)c(F)cc2OC)C1. The van der Waals surface area contributed by atoms with Crippen LogP contribution < -0.4 is 4.74 Å². The summed E-state index contributed by atoms with van der Waals surface area (Å²) in [4.78, 5) is 0. The summed E-state index contributed by atoms with van der Waals surface area (Å²) in [6, 6.07) is 2.89. The molecule has 1 aromatic rings. The van der Waals surface area contributed by atoms with Crippen LogP contribution in [0.15, 0.2) is 16.6 Å². The molecule has 1 N–H and O–H groups in total. The van der Waals surface area contributed by atoms with E-state index in [1.165, 1.54) is 13.2 Å². The Labute approximate surface area is 127 Å². The molecule has 5 heteroatoms. The van der Waals surface area contributed by atoms with Crippen LogP contribution in [0.2, 0.25) is 0 Å². The Morgan fingerprint density at radius 3 is 2.75 bits per heavy atom. The number of hydrogen-bond acceptors (Lipinski definition) is 3. The number of ether oxygens (including phenoxy) is 2. The fourth-order valence-corrected chi connectivity index (χ4v) is 3.02. The quantitative estimate of drug-likeness (QED) is 0.850. The number of aliphatic hydroxyl groups excluding tert-OH is 1. The first-order valence-electron chi connectivity index (χ1n) is 6.87. The predicted octanol–water partition coefficient (Wildman–Crippen LogP) is 3.84. The van der Waals surface area contributed by atoms with Crippen LogP contribution >= 0.6 is 15.9 Å². The van der Waals surface area contributed by atoms with E-state index in [1.807, 2.05) is 6.92 Å². The summed E-state index contributed by atoms with van der Waals surface area (Å²) in [7, 11) is 1.48. The monoisotopic (exact) mass is 346 g/mol. The third-order valence-electron chi connectivity index (χ3n) is 3.78. The Kier molecular flexibility index (Phi) is 5.41. The highest BCUT2D eigenvalue weighted by Gasteiger charge is 2.32. The highest BCUT2D eigenvalue weighted by atomic mass is 79.9. The van der Waals surface area contributed by atoms with Gasteiger partial charge in [0, 0.05) is 18.2 Å². The van der Waals surface area contributed by atoms with Gasteiger partial charge in [-0.05, 0) is 54.1 Å². The molecule has 0 saturated heterocycles. The molecule has 3 nitrogen and oxygen atoms in total. The molecule has 0 radical (unpaired) electrons. The second kappa shape index (κ2) is 6.87. The predicted molar refractivity (Wildman–Crippen MR) is 78.4 cm³/mol. The molecule has 20 heavy (non-hydrogen) atoms. The summed E-state index contributed by atoms with van der Waals surface area (Å²) < 4.78 is 24.5. The van der Waals surface area contributed by atoms with E-state index in [4.69, 9.17) is 9.47 Å². The van der Waals surface area contributed by atoms with Crippen LogP contribution in [0.25, 0.3) is 0 Å². The van der Waals surface area contributed by atoms with Gasteiger partial charge in [0.05, 0.1) is 23.8 Å². The molecular weight excluding hydrogens is 327 g/mol. The van der Waals surface area contributed by atoms with Crippen LogP contribution in [0.4, 0.5) is 4.39 Å². The second-order valence-corrected chi connectivity index (χ2v) is 6.03. The van der Waals surface area contributed by atoms with Crippen molar-refractivity contribution >= 4 is 15.9 Å². The average Bonchev–Trinajstić information content (AvgIpc) is 2.38. The molecule has 2 rings (SSSR count). The molecule has 1 atom stereocenters. The molecule has 1 aliphatic rings. The molecule has 0 spiro atoms. The number of hydrogen-bond donors (Lipinski definition) is 1. The summed E-state index contributed by atoms with van der Waals surface area (Å²) in [5.74, 6) is 0.451. The van der Waals surface area contributed by atoms with Gasteiger partial charge < -0.3 is 14.6 Å². The average molecular weight is 347 g/mol. The van der Waals surface area contributed by atoms with Crippen molar-refractivity contribution in [3.63, 3.8) is 0 Å². The van der Waals surface area contributed by atoms with Gasteiger partial charge >= 0.3 is 0 Å². The number of rotatable bonds is 6. The van der Waals surface area contributed by atoms with E-state index >= 15 is 0 Å². The summed E-state index contributed by atoms with van der Waals surface area (Å²) in [5.41, 5.74) is 0.626. The van der Waals surface area contributed by atoms with Crippen LogP contribution in [-0.2, 0) is 4.74 Å². The minimum Gasteiger partial charge on any atom is -0.496 e. The lowest BCUT2D eigenvalue weighted by Crippen LogP contribution is -2.32. The third kappa shape index (κ3) is 3.51. The highest BCUT2D eigenvalue weighted by molar-refractivity contribution is 9.10. The molecule has 1 aromatic carbocycles. The second-order valence-electron chi connectivity index (χ2n) is 5.17. The van der Waals surface area contributed by atoms with E-state index in [1.54, 1.807) is 6.07 Å². The number of methoxy groups -OCH3 is 1. The molecule has 1 aliphatic carbocycles. The zero-order valence-electron chi connectivity index (χ0n) is 11.7. The summed E-state index contributed by atoms with van der Waals surface area (Å²) in [6.45, 7) is 2.72. The summed E-state index contributed by atoms with van der Waals surface area (Å²) >= 11 is 3.14. The molecule has 0 heterocycles. The Morgan fingerprint density at radius 2 is 2.15 bits per heavy atom. The smallest absolute Gasteiger partial charge is 0.141 e. The van der Waals surface area contributed by atoms with Gasteiger partial charge in [-0.2, -0.15) is 0 Å². The van der Waals surface area contributed by atoms with Crippen molar-refractivity contribution in [2.24, 2.45) is 5.92 Å². The van der Waals surface area contributed by atoms with Crippen LogP contribution in [0.3, 0.4) is 0 Å². The van der Waals surface area contributed by atoms with Gasteiger partial charge in [-0.25, -0.2) is 4.39 Å². The van der Waals surface area contributed by atoms with Crippen LogP contribution in [-0.4, -0.2) is 24.9 Å². The van der Waals surface area contributed by atoms with Crippen molar-refractivity contribution in [2.75, 3.05) is 13.7 Å². The van der Waals surface area contributed by atoms with Gasteiger partial charge in [-0.15, -0.1) is 0 Å². The minimum atomic E-state index is -0.644. The van der Waals surface area contributed by atoms with E-state index in [-0.39, 0.29) is 0 Å². The number of halogens is 2. The van der Waals surface area contributed by atoms with Gasteiger partial charge in [-0.1, -0.05) is 0 Å². The van der Waals surface area contributed by atoms with Crippen molar-refractivity contribution in [2.45, 2.75) is 38.4 Å². The van der Waals surface area contributed by atoms with Gasteiger partial charge in [0.15, 0.2) is 0 Å². The lowest BCUT2D eigenvalue weighted by molar-refractivity contribution is -0.0381. The number of aliphatic hydroxyl groups is 1. The maximum absolute atomic E-state index is 13.5. The van der Waals surface area contributed by atoms with E-state index < -0.39 is 11.9 Å². The molecule has 0 bridgehead atoms. The fraction of sp³-hybridized carbons (Fsp3) is 0.600. The molecule has 1 unspecified atom stereocenters. The Morgan fingerprint density at radius 1 is 1.45 bits per heavy atom. The topological polar surface area (TPSA) is 38.7 Å². The molecule has 0 aliphatic heterocycles. The lowest BCUT2D eigenvalue weighted by atomic mass is 9.78. The maximum Gasteiger partial charge on any atom is 0.141 e. The molecule has 1 saturated carbocycles. The van der Waals surface area contributed by atoms with Crippen molar-refractivity contribution in [3.05, 3.63) is 28.0 Å². The Balaban J connectivity index is 1.99. The first-order valence-corrected chi connectivity index (χ1v) is 7.67. The molecule has 112 valence electrons. The molecular formula is C15H20BrFO3. The molecule has 1 fully saturated rings. The van der Waals surface area contributed by atoms with Crippen molar-refractivity contribution in [1.29, 1.82) is 0 Å². The van der Waals surface area contributed by atoms with Gasteiger partial charge in [0.1, 0.15) is 11.6 Å². The van der Waals surface area contributed by atoms with E-state index in [9.17, 15) is 9.50 Å². The normalized spacial score (nSPS) is 23.2. The number of benzene rings is 1. The van der Waals surface area contributed by atoms with Gasteiger partial charge in [0.25, 0.3) is 0 Å². The van der Waals surface area contributed by atoms with Gasteiger partial charge in [0.2, 0.25) is 0 Å². The maximum atomic E-state index is 13.5. The standard InChI is InChI=1S/C15H20BrFO3/c1-3-20-10-4-9(5-10)6-14(18)11-7-12(16)13(17)8-15(11)19-2/h7-10,14,18H,3-6H2,1-2H3. The zero-order chi connectivity index (χ0) is 14.7. The van der Waals surface area contributed by atoms with Crippen LogP contribution in [0.5, 0.6) is 5.75 Å². The van der Waals surface area contributed by atoms with Gasteiger partial charge in [-0.3, -0.25) is 0 Å². The van der Waals surface area contributed by atoms with Crippen LogP contribution in [0, 0.1) is 11.7 Å². The van der Waals surface area contributed by atoms with E-state index in [0.717, 1.165) is 19.4 Å².